The number of hydrogen-bond donors (Lipinski definition) is 1. The molecule has 0 radical (unpaired) electrons. The van der Waals surface area contributed by atoms with Crippen molar-refractivity contribution in [3.05, 3.63) is 83.9 Å². The van der Waals surface area contributed by atoms with E-state index < -0.39 is 23.7 Å². The van der Waals surface area contributed by atoms with Gasteiger partial charge in [-0.25, -0.2) is 4.79 Å². The van der Waals surface area contributed by atoms with E-state index in [-0.39, 0.29) is 6.61 Å². The number of nitrogens with zero attached hydrogens (tertiary/aromatic N) is 1. The molecule has 1 fully saturated rings. The Balaban J connectivity index is 1.44. The number of rotatable bonds is 9. The quantitative estimate of drug-likeness (QED) is 0.382. The molecule has 0 heterocycles. The van der Waals surface area contributed by atoms with Gasteiger partial charge in [0.25, 0.3) is 5.91 Å². The van der Waals surface area contributed by atoms with E-state index in [1.165, 1.54) is 6.92 Å². The Morgan fingerprint density at radius 1 is 1.06 bits per heavy atom. The van der Waals surface area contributed by atoms with E-state index in [9.17, 15) is 14.9 Å². The maximum atomic E-state index is 13.1. The van der Waals surface area contributed by atoms with Crippen LogP contribution in [0.3, 0.4) is 0 Å². The molecule has 1 aliphatic carbocycles. The minimum Gasteiger partial charge on any atom is -0.449 e. The summed E-state index contributed by atoms with van der Waals surface area (Å²) < 4.78 is 11.3. The van der Waals surface area contributed by atoms with Gasteiger partial charge in [-0.1, -0.05) is 73.5 Å². The van der Waals surface area contributed by atoms with Crippen molar-refractivity contribution in [3.8, 4) is 6.07 Å². The minimum absolute atomic E-state index is 0.162. The van der Waals surface area contributed by atoms with Crippen molar-refractivity contribution in [2.24, 2.45) is 5.92 Å². The number of fused-ring (bicyclic) bond motifs is 1. The van der Waals surface area contributed by atoms with Gasteiger partial charge in [0, 0.05) is 0 Å². The van der Waals surface area contributed by atoms with Crippen LogP contribution in [0, 0.1) is 17.2 Å². The zero-order valence-corrected chi connectivity index (χ0v) is 18.5. The Morgan fingerprint density at radius 3 is 2.45 bits per heavy atom. The summed E-state index contributed by atoms with van der Waals surface area (Å²) >= 11 is 0. The topological polar surface area (TPSA) is 88.4 Å². The van der Waals surface area contributed by atoms with Gasteiger partial charge in [-0.2, -0.15) is 5.26 Å². The average Bonchev–Trinajstić information content (AvgIpc) is 3.67. The number of carbonyl (C=O) groups excluding carboxylic acids is 2. The highest BCUT2D eigenvalue weighted by molar-refractivity contribution is 5.96. The summed E-state index contributed by atoms with van der Waals surface area (Å²) in [6.45, 7) is 1.66. The lowest BCUT2D eigenvalue weighted by Gasteiger charge is -2.26. The molecule has 0 saturated heterocycles. The largest absolute Gasteiger partial charge is 0.449 e. The van der Waals surface area contributed by atoms with Crippen LogP contribution in [0.5, 0.6) is 0 Å². The Bertz CT molecular complexity index is 1180. The normalized spacial score (nSPS) is 15.8. The van der Waals surface area contributed by atoms with Crippen LogP contribution in [0.1, 0.15) is 42.1 Å². The third-order valence-corrected chi connectivity index (χ3v) is 5.72. The van der Waals surface area contributed by atoms with E-state index >= 15 is 0 Å². The van der Waals surface area contributed by atoms with Crippen LogP contribution >= 0.6 is 0 Å². The van der Waals surface area contributed by atoms with Crippen molar-refractivity contribution in [2.75, 3.05) is 0 Å². The fourth-order valence-electron chi connectivity index (χ4n) is 3.59. The van der Waals surface area contributed by atoms with E-state index in [2.05, 4.69) is 5.32 Å². The van der Waals surface area contributed by atoms with Crippen LogP contribution in [0.25, 0.3) is 10.8 Å². The molecule has 3 aromatic rings. The molecule has 2 atom stereocenters. The molecule has 0 spiro atoms. The molecule has 168 valence electrons. The lowest BCUT2D eigenvalue weighted by molar-refractivity contribution is -0.138. The third-order valence-electron chi connectivity index (χ3n) is 5.72. The number of hydrogen-bond acceptors (Lipinski definition) is 5. The number of esters is 1. The summed E-state index contributed by atoms with van der Waals surface area (Å²) in [5.74, 6) is -0.762. The van der Waals surface area contributed by atoms with Gasteiger partial charge < -0.3 is 14.8 Å². The molecule has 0 aliphatic heterocycles. The Hall–Kier alpha value is -3.69. The van der Waals surface area contributed by atoms with E-state index in [1.807, 2.05) is 66.7 Å². The Kier molecular flexibility index (Phi) is 6.71. The van der Waals surface area contributed by atoms with Crippen LogP contribution in [0.4, 0.5) is 0 Å². The second-order valence-electron chi connectivity index (χ2n) is 8.54. The molecule has 6 nitrogen and oxygen atoms in total. The van der Waals surface area contributed by atoms with Gasteiger partial charge in [0.05, 0.1) is 12.2 Å². The van der Waals surface area contributed by atoms with Gasteiger partial charge in [0.15, 0.2) is 6.10 Å². The Labute approximate surface area is 193 Å². The lowest BCUT2D eigenvalue weighted by atomic mass is 10.1. The average molecular weight is 443 g/mol. The highest BCUT2D eigenvalue weighted by atomic mass is 16.6. The zero-order valence-electron chi connectivity index (χ0n) is 18.5. The molecule has 1 saturated carbocycles. The summed E-state index contributed by atoms with van der Waals surface area (Å²) in [7, 11) is 0. The highest BCUT2D eigenvalue weighted by Gasteiger charge is 2.36. The van der Waals surface area contributed by atoms with Crippen molar-refractivity contribution in [1.82, 2.24) is 5.32 Å². The van der Waals surface area contributed by atoms with Crippen LogP contribution in [0.15, 0.2) is 72.8 Å². The fourth-order valence-corrected chi connectivity index (χ4v) is 3.59. The lowest BCUT2D eigenvalue weighted by Crippen LogP contribution is -2.51. The van der Waals surface area contributed by atoms with Crippen LogP contribution < -0.4 is 5.32 Å². The minimum atomic E-state index is -1.55. The second kappa shape index (κ2) is 9.85. The molecule has 3 aromatic carbocycles. The van der Waals surface area contributed by atoms with E-state index in [0.29, 0.717) is 17.9 Å². The molecular formula is C27H26N2O4. The van der Waals surface area contributed by atoms with Gasteiger partial charge in [0.1, 0.15) is 6.07 Å². The number of amides is 1. The maximum absolute atomic E-state index is 13.1. The first-order valence-electron chi connectivity index (χ1n) is 11.1. The second-order valence-corrected chi connectivity index (χ2v) is 8.54. The zero-order chi connectivity index (χ0) is 23.3. The van der Waals surface area contributed by atoms with Crippen molar-refractivity contribution < 1.29 is 19.1 Å². The SMILES string of the molecule is CC(C#N)(NC(=O)C(CC1CC1)OC(=O)c1ccc2ccccc2c1)OCc1ccccc1. The molecule has 33 heavy (non-hydrogen) atoms. The first-order valence-corrected chi connectivity index (χ1v) is 11.1. The number of benzene rings is 3. The maximum Gasteiger partial charge on any atom is 0.338 e. The highest BCUT2D eigenvalue weighted by Crippen LogP contribution is 2.34. The smallest absolute Gasteiger partial charge is 0.338 e. The summed E-state index contributed by atoms with van der Waals surface area (Å²) in [4.78, 5) is 25.9. The first kappa shape index (κ1) is 22.5. The molecule has 1 aliphatic rings. The molecule has 0 bridgehead atoms. The predicted octanol–water partition coefficient (Wildman–Crippen LogP) is 4.74. The number of nitriles is 1. The molecule has 2 unspecified atom stereocenters. The van der Waals surface area contributed by atoms with E-state index in [0.717, 1.165) is 29.2 Å². The summed E-state index contributed by atoms with van der Waals surface area (Å²) in [6, 6.07) is 24.4. The molecule has 1 amide bonds. The van der Waals surface area contributed by atoms with Crippen LogP contribution in [-0.4, -0.2) is 23.7 Å². The van der Waals surface area contributed by atoms with Crippen molar-refractivity contribution in [2.45, 2.75) is 44.6 Å². The van der Waals surface area contributed by atoms with Crippen molar-refractivity contribution in [1.29, 1.82) is 5.26 Å². The monoisotopic (exact) mass is 442 g/mol. The third kappa shape index (κ3) is 5.97. The fraction of sp³-hybridized carbons (Fsp3) is 0.296. The molecule has 6 heteroatoms. The number of ether oxygens (including phenoxy) is 2. The van der Waals surface area contributed by atoms with Gasteiger partial charge in [0.2, 0.25) is 5.72 Å². The summed E-state index contributed by atoms with van der Waals surface area (Å²) in [5, 5.41) is 14.2. The number of nitrogens with one attached hydrogen (secondary N) is 1. The van der Waals surface area contributed by atoms with E-state index in [1.54, 1.807) is 12.1 Å². The number of carbonyl (C=O) groups is 2. The Morgan fingerprint density at radius 2 is 1.76 bits per heavy atom. The predicted molar refractivity (Wildman–Crippen MR) is 124 cm³/mol. The van der Waals surface area contributed by atoms with Crippen LogP contribution in [-0.2, 0) is 20.9 Å². The molecule has 4 rings (SSSR count). The molecule has 1 N–H and O–H groups in total. The standard InChI is InChI=1S/C27H26N2O4/c1-27(18-28,32-17-20-7-3-2-4-8-20)29-25(30)24(15-19-11-12-19)33-26(31)23-14-13-21-9-5-6-10-22(21)16-23/h2-10,13-14,16,19,24H,11-12,15,17H2,1H3,(H,29,30). The first-order chi connectivity index (χ1) is 16.0. The summed E-state index contributed by atoms with van der Waals surface area (Å²) in [5.41, 5.74) is -0.291. The molecular weight excluding hydrogens is 416 g/mol. The molecule has 0 aromatic heterocycles. The van der Waals surface area contributed by atoms with Gasteiger partial charge in [-0.3, -0.25) is 4.79 Å². The van der Waals surface area contributed by atoms with Crippen LogP contribution in [0.2, 0.25) is 0 Å². The van der Waals surface area contributed by atoms with Crippen molar-refractivity contribution in [3.63, 3.8) is 0 Å². The van der Waals surface area contributed by atoms with Gasteiger partial charge >= 0.3 is 5.97 Å². The summed E-state index contributed by atoms with van der Waals surface area (Å²) in [6.07, 6.45) is 1.42. The van der Waals surface area contributed by atoms with Gasteiger partial charge in [-0.15, -0.1) is 0 Å². The van der Waals surface area contributed by atoms with E-state index in [4.69, 9.17) is 9.47 Å². The van der Waals surface area contributed by atoms with Crippen molar-refractivity contribution >= 4 is 22.6 Å². The van der Waals surface area contributed by atoms with Gasteiger partial charge in [-0.05, 0) is 47.7 Å².